The number of nitriles is 1. The molecule has 5 saturated carbocycles. The number of carbonyl (C=O) groups is 4. The van der Waals surface area contributed by atoms with Gasteiger partial charge in [-0.1, -0.05) is 330 Å². The number of guanidine groups is 2. The van der Waals surface area contributed by atoms with Crippen LogP contribution >= 0.6 is 112 Å². The van der Waals surface area contributed by atoms with Crippen LogP contribution in [-0.2, 0) is 41.3 Å². The molecular weight excluding hydrogens is 2270 g/mol. The van der Waals surface area contributed by atoms with E-state index in [0.717, 1.165) is 130 Å². The zero-order chi connectivity index (χ0) is 101. The van der Waals surface area contributed by atoms with Crippen LogP contribution in [-0.4, -0.2) is 108 Å². The summed E-state index contributed by atoms with van der Waals surface area (Å²) in [6.07, 6.45) is 33.1. The maximum absolute atomic E-state index is 14.6. The van der Waals surface area contributed by atoms with Crippen LogP contribution in [0.15, 0.2) is 271 Å². The summed E-state index contributed by atoms with van der Waals surface area (Å²) in [5, 5.41) is 34.2. The molecule has 6 fully saturated rings. The molecule has 31 heteroatoms. The van der Waals surface area contributed by atoms with Gasteiger partial charge in [0.1, 0.15) is 47.4 Å². The SMILES string of the molecule is BrCC1CCCCC1.I.N.N#Cc1cccc(B(O)O)c1.NC1=NC2(CC(c3ccccc3)Oc3ccc(Br)cc32)C(=O)N1CC1CCCCC1.O=C1N(CC2CCCCC2)C(SCC2CCCCC2)=NC12CC(c1ccccc1)Oc1ccc(Br)cc12.O=C1NC(=S)NC12CC(c1ccccc1)Oc1ccc(Br)cc12.[C-]#[N+]c1cccc(-c2ccc3c(c2)C2(CC(c4ccccc4)O3)N=C(N)N(CC3CCCCC3)C2=O)c1. The molecule has 13 aliphatic rings. The molecule has 0 aromatic heterocycles. The molecule has 0 radical (unpaired) electrons. The average Bonchev–Trinajstić information content (AvgIpc) is 1.56. The third kappa shape index (κ3) is 25.2. The Morgan fingerprint density at radius 3 is 1.21 bits per heavy atom. The number of halogens is 5. The molecule has 8 unspecified atom stereocenters. The Morgan fingerprint density at radius 2 is 0.811 bits per heavy atom. The summed E-state index contributed by atoms with van der Waals surface area (Å²) in [7, 11) is -1.50. The second kappa shape index (κ2) is 50.8. The van der Waals surface area contributed by atoms with Crippen LogP contribution in [0, 0.1) is 47.5 Å². The molecule has 11 N–H and O–H groups in total. The number of rotatable bonds is 15. The summed E-state index contributed by atoms with van der Waals surface area (Å²) < 4.78 is 28.2. The van der Waals surface area contributed by atoms with Gasteiger partial charge in [-0.05, 0) is 230 Å². The summed E-state index contributed by atoms with van der Waals surface area (Å²) in [6, 6.07) is 79.3. The van der Waals surface area contributed by atoms with E-state index in [1.807, 2.05) is 212 Å². The number of fused-ring (bicyclic) bond motifs is 8. The first-order valence-electron chi connectivity index (χ1n) is 51.9. The number of nitrogens with zero attached hydrogens (tertiary/aromatic N) is 8. The van der Waals surface area contributed by atoms with Crippen molar-refractivity contribution in [2.24, 2.45) is 56.0 Å². The van der Waals surface area contributed by atoms with Gasteiger partial charge in [0.15, 0.2) is 50.0 Å². The molecule has 8 heterocycles. The van der Waals surface area contributed by atoms with Crippen LogP contribution in [0.2, 0.25) is 0 Å². The van der Waals surface area contributed by atoms with Crippen LogP contribution in [0.25, 0.3) is 16.0 Å². The van der Waals surface area contributed by atoms with Crippen LogP contribution in [0.1, 0.15) is 261 Å². The highest BCUT2D eigenvalue weighted by Crippen LogP contribution is 2.57. The molecule has 1 saturated heterocycles. The number of hydrogen-bond acceptors (Lipinski definition) is 19. The van der Waals surface area contributed by atoms with Gasteiger partial charge in [0, 0.05) is 92.1 Å². The standard InChI is InChI=1S/C31H37BrN2O2S.C31H30N4O2.C24H26BrN3O2.C17H13BrN2O2S.C7H6BNO2.C7H13Br.HI.H3N/c32-25-16-17-27-26(18-25)31(19-28(36-27)24-14-8-3-9-15-24)29(35)34(20-22-10-4-1-5-11-22)30(33-31)37-21-23-12-6-2-7-13-23;1-33-25-14-8-13-23(17-25)24-15-16-27-26(18-24)31(19-28(37-27)22-11-6-3-7-12-22)29(36)35(30(32)34-31)20-21-9-4-2-5-10-21;25-18-11-12-20-19(13-18)24(14-21(30-20)17-9-5-2-6-10-17)22(29)28(23(26)27-24)15-16-7-3-1-4-8-16;18-11-6-7-13-12(8-11)17(15(21)19-16(23)20-17)9-14(22-13)10-4-2-1-3-5-10;9-5-6-2-1-3-7(4-6)8(10)11;8-6-7-4-2-1-3-5-7;;/h3,8-9,14-18,22-23,28H,1-2,4-7,10-13,19-21H2;3,6-8,11-18,21,28H,2,4-5,9-10,19-20H2,(H2,32,34);2,5-6,9-13,16,21H,1,3-4,7-8,14-15H2,(H2,26,27);1-8,14H,9H2,(H2,19,20,21,23);1-4,10-11H;7H,1-6H2;1H;1H3. The second-order valence-corrected chi connectivity index (χ2v) is 45.5. The Kier molecular flexibility index (Phi) is 37.8. The minimum absolute atomic E-state index is 0. The minimum atomic E-state index is -1.50. The Morgan fingerprint density at radius 1 is 0.446 bits per heavy atom. The highest BCUT2D eigenvalue weighted by atomic mass is 127. The number of hydrogen-bond donors (Lipinski definition) is 7. The predicted molar refractivity (Wildman–Crippen MR) is 615 cm³/mol. The third-order valence-corrected chi connectivity index (χ3v) is 34.8. The molecule has 10 aromatic rings. The second-order valence-electron chi connectivity index (χ2n) is 40.8. The Hall–Kier alpha value is -10.3. The Labute approximate surface area is 929 Å². The van der Waals surface area contributed by atoms with E-state index in [-0.39, 0.29) is 78.2 Å². The predicted octanol–water partition coefficient (Wildman–Crippen LogP) is 25.7. The van der Waals surface area contributed by atoms with Gasteiger partial charge in [0.2, 0.25) is 0 Å². The number of nitrogens with two attached hydrogens (primary N) is 2. The van der Waals surface area contributed by atoms with Gasteiger partial charge >= 0.3 is 7.12 Å². The summed E-state index contributed by atoms with van der Waals surface area (Å²) >= 11 is 21.2. The van der Waals surface area contributed by atoms with Crippen molar-refractivity contribution in [3.8, 4) is 40.2 Å². The fourth-order valence-electron chi connectivity index (χ4n) is 23.2. The summed E-state index contributed by atoms with van der Waals surface area (Å²) in [6.45, 7) is 9.47. The number of nitrogens with one attached hydrogen (secondary N) is 2. The summed E-state index contributed by atoms with van der Waals surface area (Å²) in [5.41, 5.74) is 19.5. The van der Waals surface area contributed by atoms with E-state index >= 15 is 0 Å². The lowest BCUT2D eigenvalue weighted by Gasteiger charge is -2.38. The number of alkyl halides is 1. The van der Waals surface area contributed by atoms with Crippen molar-refractivity contribution in [2.45, 2.75) is 233 Å². The first kappa shape index (κ1) is 110. The maximum atomic E-state index is 14.6. The number of carbonyl (C=O) groups excluding carboxylic acids is 4. The molecule has 23 rings (SSSR count). The fraction of sp³-hybridized carbons (Fsp3) is 0.402. The lowest BCUT2D eigenvalue weighted by Crippen LogP contribution is -2.48. The van der Waals surface area contributed by atoms with Crippen LogP contribution in [0.4, 0.5) is 5.69 Å². The lowest BCUT2D eigenvalue weighted by molar-refractivity contribution is -0.134. The first-order chi connectivity index (χ1) is 71.0. The van der Waals surface area contributed by atoms with Crippen molar-refractivity contribution in [1.29, 1.82) is 5.26 Å². The van der Waals surface area contributed by atoms with Gasteiger partial charge in [-0.25, -0.2) is 19.8 Å². The molecule has 148 heavy (non-hydrogen) atoms. The molecule has 4 spiro atoms. The molecule has 23 nitrogen and oxygen atoms in total. The van der Waals surface area contributed by atoms with Gasteiger partial charge in [-0.3, -0.25) is 33.9 Å². The van der Waals surface area contributed by atoms with Crippen molar-refractivity contribution in [2.75, 3.05) is 30.7 Å². The minimum Gasteiger partial charge on any atom is -0.485 e. The van der Waals surface area contributed by atoms with Gasteiger partial charge in [-0.15, -0.1) is 24.0 Å². The highest BCUT2D eigenvalue weighted by Gasteiger charge is 2.60. The molecule has 772 valence electrons. The van der Waals surface area contributed by atoms with Crippen molar-refractivity contribution in [3.05, 3.63) is 318 Å². The number of benzene rings is 10. The van der Waals surface area contributed by atoms with Crippen LogP contribution in [0.3, 0.4) is 0 Å². The van der Waals surface area contributed by atoms with Crippen molar-refractivity contribution in [1.82, 2.24) is 31.5 Å². The van der Waals surface area contributed by atoms with E-state index in [4.69, 9.17) is 79.5 Å². The summed E-state index contributed by atoms with van der Waals surface area (Å²) in [5.74, 6) is 7.71. The third-order valence-electron chi connectivity index (χ3n) is 31.0. The Bertz CT molecular complexity index is 6530. The van der Waals surface area contributed by atoms with Gasteiger partial charge < -0.3 is 57.2 Å². The number of thioether (sulfide) groups is 1. The van der Waals surface area contributed by atoms with Crippen molar-refractivity contribution in [3.63, 3.8) is 0 Å². The molecule has 5 aliphatic carbocycles. The first-order valence-corrected chi connectivity index (χ1v) is 56.7. The number of aliphatic imine (C=N–C) groups is 3. The zero-order valence-corrected chi connectivity index (χ0v) is 93.6. The molecule has 8 aliphatic heterocycles. The highest BCUT2D eigenvalue weighted by molar-refractivity contribution is 14.0. The fourth-order valence-corrected chi connectivity index (χ4v) is 26.4. The molecule has 10 aromatic carbocycles. The van der Waals surface area contributed by atoms with E-state index in [2.05, 4.69) is 102 Å². The summed E-state index contributed by atoms with van der Waals surface area (Å²) in [4.78, 5) is 79.7. The van der Waals surface area contributed by atoms with E-state index in [1.165, 1.54) is 146 Å². The molecular formula is C117H129BBr4IN13O10S2. The zero-order valence-electron chi connectivity index (χ0n) is 83.2. The van der Waals surface area contributed by atoms with Crippen molar-refractivity contribution < 1.29 is 48.2 Å². The number of amides is 4. The smallest absolute Gasteiger partial charge is 0.485 e. The normalized spacial score (nSPS) is 23.8. The average molecular weight is 2400 g/mol. The van der Waals surface area contributed by atoms with Gasteiger partial charge in [0.05, 0.1) is 18.2 Å². The quantitative estimate of drug-likeness (QED) is 0.0165. The molecule has 0 bridgehead atoms. The van der Waals surface area contributed by atoms with E-state index in [9.17, 15) is 19.2 Å². The van der Waals surface area contributed by atoms with Crippen LogP contribution < -0.4 is 52.7 Å². The van der Waals surface area contributed by atoms with Gasteiger partial charge in [-0.2, -0.15) is 5.26 Å². The maximum Gasteiger partial charge on any atom is 0.488 e. The van der Waals surface area contributed by atoms with Gasteiger partial charge in [0.25, 0.3) is 23.6 Å². The number of ether oxygens (including phenoxy) is 4. The lowest BCUT2D eigenvalue weighted by atomic mass is 9.79. The van der Waals surface area contributed by atoms with E-state index in [0.29, 0.717) is 108 Å². The molecule has 4 amide bonds. The van der Waals surface area contributed by atoms with Crippen molar-refractivity contribution >= 4 is 176 Å². The topological polar surface area (TPSA) is 332 Å². The number of thiocarbonyl (C=S) groups is 1. The monoisotopic (exact) mass is 2390 g/mol. The van der Waals surface area contributed by atoms with E-state index in [1.54, 1.807) is 34.1 Å². The number of amidine groups is 1. The molecule has 8 atom stereocenters. The van der Waals surface area contributed by atoms with E-state index < -0.39 is 29.3 Å². The van der Waals surface area contributed by atoms with Crippen LogP contribution in [0.5, 0.6) is 23.0 Å². The largest absolute Gasteiger partial charge is 0.488 e. The Balaban J connectivity index is 0.000000133.